The number of rotatable bonds is 7. The van der Waals surface area contributed by atoms with E-state index in [1.165, 1.54) is 45.2 Å². The highest BCUT2D eigenvalue weighted by molar-refractivity contribution is 5.93. The number of nitrogens with zero attached hydrogens (tertiary/aromatic N) is 4. The summed E-state index contributed by atoms with van der Waals surface area (Å²) in [5.74, 6) is 0.537. The topological polar surface area (TPSA) is 74.3 Å². The van der Waals surface area contributed by atoms with Crippen LogP contribution in [-0.4, -0.2) is 76.8 Å². The number of hydrogen-bond acceptors (Lipinski definition) is 5. The molecular weight excluding hydrogens is 366 g/mol. The Morgan fingerprint density at radius 3 is 2.90 bits per heavy atom. The van der Waals surface area contributed by atoms with Gasteiger partial charge in [-0.2, -0.15) is 5.10 Å². The second-order valence-electron chi connectivity index (χ2n) is 8.15. The number of amides is 1. The third-order valence-electron chi connectivity index (χ3n) is 6.32. The maximum Gasteiger partial charge on any atom is 0.271 e. The molecule has 1 N–H and O–H groups in total. The van der Waals surface area contributed by atoms with Crippen molar-refractivity contribution < 1.29 is 9.53 Å². The third-order valence-corrected chi connectivity index (χ3v) is 6.32. The van der Waals surface area contributed by atoms with Crippen LogP contribution in [0.1, 0.15) is 42.6 Å². The minimum absolute atomic E-state index is 0.00258. The summed E-state index contributed by atoms with van der Waals surface area (Å²) in [4.78, 5) is 21.9. The van der Waals surface area contributed by atoms with Crippen LogP contribution in [0, 0.1) is 5.92 Å². The molecule has 0 aromatic carbocycles. The predicted octanol–water partition coefficient (Wildman–Crippen LogP) is 2.82. The maximum atomic E-state index is 13.3. The van der Waals surface area contributed by atoms with Gasteiger partial charge in [-0.05, 0) is 62.9 Å². The van der Waals surface area contributed by atoms with Crippen molar-refractivity contribution in [2.45, 2.75) is 38.1 Å². The molecule has 2 saturated heterocycles. The van der Waals surface area contributed by atoms with Gasteiger partial charge in [0.25, 0.3) is 5.91 Å². The average Bonchev–Trinajstić information content (AvgIpc) is 3.27. The number of carbonyl (C=O) groups is 1. The molecule has 4 rings (SSSR count). The van der Waals surface area contributed by atoms with Gasteiger partial charge >= 0.3 is 0 Å². The van der Waals surface area contributed by atoms with Crippen molar-refractivity contribution in [2.24, 2.45) is 5.92 Å². The van der Waals surface area contributed by atoms with E-state index in [1.807, 2.05) is 23.1 Å². The van der Waals surface area contributed by atoms with Crippen LogP contribution in [0.2, 0.25) is 0 Å². The fraction of sp³-hybridized carbons (Fsp3) is 0.591. The van der Waals surface area contributed by atoms with E-state index in [-0.39, 0.29) is 5.91 Å². The van der Waals surface area contributed by atoms with Gasteiger partial charge in [0.2, 0.25) is 0 Å². The number of hydrogen-bond donors (Lipinski definition) is 1. The van der Waals surface area contributed by atoms with Crippen LogP contribution in [0.5, 0.6) is 0 Å². The predicted molar refractivity (Wildman–Crippen MR) is 112 cm³/mol. The van der Waals surface area contributed by atoms with Crippen LogP contribution < -0.4 is 0 Å². The van der Waals surface area contributed by atoms with Gasteiger partial charge in [0, 0.05) is 44.2 Å². The number of methoxy groups -OCH3 is 1. The van der Waals surface area contributed by atoms with Crippen LogP contribution in [0.15, 0.2) is 30.6 Å². The molecule has 156 valence electrons. The molecule has 29 heavy (non-hydrogen) atoms. The lowest BCUT2D eigenvalue weighted by Gasteiger charge is -2.45. The van der Waals surface area contributed by atoms with Crippen molar-refractivity contribution in [1.82, 2.24) is 25.0 Å². The maximum absolute atomic E-state index is 13.3. The van der Waals surface area contributed by atoms with Crippen molar-refractivity contribution in [1.29, 1.82) is 0 Å². The molecule has 2 aliphatic rings. The Labute approximate surface area is 172 Å². The molecule has 0 spiro atoms. The monoisotopic (exact) mass is 397 g/mol. The first-order valence-electron chi connectivity index (χ1n) is 10.7. The number of aromatic amines is 1. The smallest absolute Gasteiger partial charge is 0.271 e. The lowest BCUT2D eigenvalue weighted by atomic mass is 9.83. The molecule has 2 aliphatic heterocycles. The number of carbonyl (C=O) groups excluding carboxylic acids is 1. The zero-order valence-electron chi connectivity index (χ0n) is 17.2. The molecule has 2 aromatic heterocycles. The molecule has 2 fully saturated rings. The summed E-state index contributed by atoms with van der Waals surface area (Å²) in [6.45, 7) is 4.35. The third kappa shape index (κ3) is 4.67. The van der Waals surface area contributed by atoms with E-state index < -0.39 is 0 Å². The highest BCUT2D eigenvalue weighted by Gasteiger charge is 2.35. The van der Waals surface area contributed by atoms with Crippen LogP contribution >= 0.6 is 0 Å². The highest BCUT2D eigenvalue weighted by atomic mass is 16.5. The molecule has 2 atom stereocenters. The largest absolute Gasteiger partial charge is 0.383 e. The van der Waals surface area contributed by atoms with Crippen molar-refractivity contribution in [2.75, 3.05) is 39.9 Å². The normalized spacial score (nSPS) is 22.2. The summed E-state index contributed by atoms with van der Waals surface area (Å²) in [7, 11) is 1.68. The van der Waals surface area contributed by atoms with Gasteiger partial charge in [-0.15, -0.1) is 0 Å². The standard InChI is InChI=1S/C22H31N5O2/c1-29-14-13-27(16-18-5-4-12-26-11-3-2-6-21(18)26)22(28)20-15-19(24-25-20)17-7-9-23-10-8-17/h7-10,15,18,21H,2-6,11-14,16H2,1H3,(H,24,25)/t18-,21+/m0/s1. The van der Waals surface area contributed by atoms with E-state index in [0.717, 1.165) is 17.8 Å². The minimum atomic E-state index is 0.00258. The number of fused-ring (bicyclic) bond motifs is 1. The molecule has 7 nitrogen and oxygen atoms in total. The Kier molecular flexibility index (Phi) is 6.56. The lowest BCUT2D eigenvalue weighted by molar-refractivity contribution is 0.0313. The van der Waals surface area contributed by atoms with E-state index in [4.69, 9.17) is 4.74 Å². The lowest BCUT2D eigenvalue weighted by Crippen LogP contribution is -2.52. The van der Waals surface area contributed by atoms with Crippen molar-refractivity contribution in [3.8, 4) is 11.3 Å². The van der Waals surface area contributed by atoms with E-state index >= 15 is 0 Å². The molecule has 0 radical (unpaired) electrons. The zero-order valence-corrected chi connectivity index (χ0v) is 17.2. The first-order chi connectivity index (χ1) is 14.3. The van der Waals surface area contributed by atoms with Crippen LogP contribution in [-0.2, 0) is 4.74 Å². The van der Waals surface area contributed by atoms with E-state index in [2.05, 4.69) is 20.1 Å². The number of nitrogens with one attached hydrogen (secondary N) is 1. The van der Waals surface area contributed by atoms with Crippen molar-refractivity contribution in [3.63, 3.8) is 0 Å². The SMILES string of the molecule is COCCN(C[C@@H]1CCCN2CCCC[C@H]12)C(=O)c1cc(-c2ccncc2)n[nH]1. The number of piperidine rings is 2. The summed E-state index contributed by atoms with van der Waals surface area (Å²) in [5.41, 5.74) is 2.24. The molecular formula is C22H31N5O2. The number of ether oxygens (including phenoxy) is 1. The van der Waals surface area contributed by atoms with Crippen molar-refractivity contribution >= 4 is 5.91 Å². The Morgan fingerprint density at radius 2 is 2.07 bits per heavy atom. The highest BCUT2D eigenvalue weighted by Crippen LogP contribution is 2.31. The molecule has 0 unspecified atom stereocenters. The summed E-state index contributed by atoms with van der Waals surface area (Å²) in [6, 6.07) is 6.25. The first-order valence-corrected chi connectivity index (χ1v) is 10.7. The van der Waals surface area contributed by atoms with Crippen LogP contribution in [0.3, 0.4) is 0 Å². The Balaban J connectivity index is 1.49. The van der Waals surface area contributed by atoms with Crippen LogP contribution in [0.4, 0.5) is 0 Å². The van der Waals surface area contributed by atoms with Gasteiger partial charge in [-0.25, -0.2) is 0 Å². The number of H-pyrrole nitrogens is 1. The molecule has 0 saturated carbocycles. The quantitative estimate of drug-likeness (QED) is 0.778. The van der Waals surface area contributed by atoms with Gasteiger partial charge in [0.15, 0.2) is 0 Å². The number of aromatic nitrogens is 3. The molecule has 0 aliphatic carbocycles. The summed E-state index contributed by atoms with van der Waals surface area (Å²) in [6.07, 6.45) is 9.76. The Hall–Kier alpha value is -2.25. The minimum Gasteiger partial charge on any atom is -0.383 e. The van der Waals surface area contributed by atoms with Gasteiger partial charge in [0.1, 0.15) is 5.69 Å². The summed E-state index contributed by atoms with van der Waals surface area (Å²) in [5, 5.41) is 7.28. The van der Waals surface area contributed by atoms with E-state index in [0.29, 0.717) is 30.8 Å². The van der Waals surface area contributed by atoms with Gasteiger partial charge < -0.3 is 14.5 Å². The molecule has 2 aromatic rings. The molecule has 7 heteroatoms. The fourth-order valence-electron chi connectivity index (χ4n) is 4.82. The molecule has 0 bridgehead atoms. The number of pyridine rings is 1. The van der Waals surface area contributed by atoms with Gasteiger partial charge in [-0.1, -0.05) is 6.42 Å². The summed E-state index contributed by atoms with van der Waals surface area (Å²) >= 11 is 0. The van der Waals surface area contributed by atoms with Crippen molar-refractivity contribution in [3.05, 3.63) is 36.3 Å². The second-order valence-corrected chi connectivity index (χ2v) is 8.15. The van der Waals surface area contributed by atoms with Crippen LogP contribution in [0.25, 0.3) is 11.3 Å². The molecule has 1 amide bonds. The molecule has 4 heterocycles. The summed E-state index contributed by atoms with van der Waals surface area (Å²) < 4.78 is 5.29. The zero-order chi connectivity index (χ0) is 20.1. The Bertz CT molecular complexity index is 792. The van der Waals surface area contributed by atoms with E-state index in [1.54, 1.807) is 19.5 Å². The first kappa shape index (κ1) is 20.0. The average molecular weight is 398 g/mol. The second kappa shape index (κ2) is 9.50. The van der Waals surface area contributed by atoms with Gasteiger partial charge in [-0.3, -0.25) is 14.9 Å². The van der Waals surface area contributed by atoms with E-state index in [9.17, 15) is 4.79 Å². The Morgan fingerprint density at radius 1 is 1.24 bits per heavy atom. The fourth-order valence-corrected chi connectivity index (χ4v) is 4.82. The van der Waals surface area contributed by atoms with Gasteiger partial charge in [0.05, 0.1) is 12.3 Å².